The number of hydrogen-bond acceptors (Lipinski definition) is 4. The van der Waals surface area contributed by atoms with Crippen LogP contribution in [0.2, 0.25) is 0 Å². The fourth-order valence-corrected chi connectivity index (χ4v) is 1.98. The smallest absolute Gasteiger partial charge is 0.328 e. The fraction of sp³-hybridized carbons (Fsp3) is 0.333. The summed E-state index contributed by atoms with van der Waals surface area (Å²) < 4.78 is 27.3. The van der Waals surface area contributed by atoms with Crippen LogP contribution in [0.4, 0.5) is 8.78 Å². The number of hydrogen-bond donors (Lipinski definition) is 2. The summed E-state index contributed by atoms with van der Waals surface area (Å²) in [4.78, 5) is 26.9. The van der Waals surface area contributed by atoms with E-state index in [1.54, 1.807) is 6.07 Å². The van der Waals surface area contributed by atoms with Crippen LogP contribution >= 0.6 is 0 Å². The third-order valence-electron chi connectivity index (χ3n) is 3.16. The van der Waals surface area contributed by atoms with E-state index in [0.717, 1.165) is 0 Å². The Morgan fingerprint density at radius 1 is 1.38 bits per heavy atom. The normalized spacial score (nSPS) is 12.2. The summed E-state index contributed by atoms with van der Waals surface area (Å²) in [6, 6.07) is 3.89. The molecule has 1 amide bonds. The number of rotatable bonds is 6. The topological polar surface area (TPSA) is 97.1 Å². The van der Waals surface area contributed by atoms with Crippen molar-refractivity contribution < 1.29 is 23.5 Å². The summed E-state index contributed by atoms with van der Waals surface area (Å²) in [7, 11) is 0. The molecule has 0 saturated carbocycles. The molecule has 1 aromatic heterocycles. The van der Waals surface area contributed by atoms with E-state index >= 15 is 0 Å². The second-order valence-corrected chi connectivity index (χ2v) is 5.36. The highest BCUT2D eigenvalue weighted by Crippen LogP contribution is 2.18. The molecule has 9 heteroatoms. The van der Waals surface area contributed by atoms with Gasteiger partial charge in [-0.3, -0.25) is 4.79 Å². The van der Waals surface area contributed by atoms with Gasteiger partial charge < -0.3 is 10.4 Å². The molecule has 1 heterocycles. The summed E-state index contributed by atoms with van der Waals surface area (Å²) in [6.45, 7) is 2.36. The molecule has 24 heavy (non-hydrogen) atoms. The first kappa shape index (κ1) is 17.5. The van der Waals surface area contributed by atoms with Crippen LogP contribution < -0.4 is 5.32 Å². The molecular formula is C15H16F2N4O3. The molecule has 0 aliphatic heterocycles. The van der Waals surface area contributed by atoms with E-state index in [1.807, 2.05) is 19.2 Å². The third-order valence-corrected chi connectivity index (χ3v) is 3.16. The second kappa shape index (κ2) is 7.16. The molecular weight excluding hydrogens is 322 g/mol. The van der Waals surface area contributed by atoms with Gasteiger partial charge in [-0.25, -0.2) is 23.2 Å². The number of halogens is 2. The molecule has 1 aromatic carbocycles. The largest absolute Gasteiger partial charge is 0.480 e. The number of nitrogens with zero attached hydrogens (tertiary/aromatic N) is 3. The lowest BCUT2D eigenvalue weighted by molar-refractivity contribution is -0.139. The molecule has 0 radical (unpaired) electrons. The lowest BCUT2D eigenvalue weighted by Gasteiger charge is -2.08. The first-order chi connectivity index (χ1) is 11.3. The van der Waals surface area contributed by atoms with Gasteiger partial charge in [-0.2, -0.15) is 0 Å². The van der Waals surface area contributed by atoms with E-state index in [4.69, 9.17) is 5.11 Å². The maximum Gasteiger partial charge on any atom is 0.328 e. The Kier molecular flexibility index (Phi) is 5.22. The number of aromatic nitrogens is 3. The van der Waals surface area contributed by atoms with Crippen molar-refractivity contribution >= 4 is 11.9 Å². The SMILES string of the molecule is CC(C)c1nc(C(=O)NC(CF)C(=O)O)nn1-c1cccc(F)c1. The predicted octanol–water partition coefficient (Wildman–Crippen LogP) is 1.68. The van der Waals surface area contributed by atoms with Gasteiger partial charge in [-0.15, -0.1) is 5.10 Å². The Hall–Kier alpha value is -2.84. The number of carboxylic acids is 1. The lowest BCUT2D eigenvalue weighted by Crippen LogP contribution is -2.42. The number of carbonyl (C=O) groups is 2. The van der Waals surface area contributed by atoms with Crippen LogP contribution in [0, 0.1) is 5.82 Å². The predicted molar refractivity (Wildman–Crippen MR) is 80.3 cm³/mol. The van der Waals surface area contributed by atoms with Crippen molar-refractivity contribution in [3.63, 3.8) is 0 Å². The van der Waals surface area contributed by atoms with Crippen LogP contribution in [-0.4, -0.2) is 44.5 Å². The number of benzene rings is 1. The van der Waals surface area contributed by atoms with Gasteiger partial charge in [0.1, 0.15) is 18.3 Å². The van der Waals surface area contributed by atoms with E-state index in [9.17, 15) is 18.4 Å². The Morgan fingerprint density at radius 3 is 2.62 bits per heavy atom. The fourth-order valence-electron chi connectivity index (χ4n) is 1.98. The number of alkyl halides is 1. The molecule has 7 nitrogen and oxygen atoms in total. The lowest BCUT2D eigenvalue weighted by atomic mass is 10.2. The number of carbonyl (C=O) groups excluding carboxylic acids is 1. The third kappa shape index (κ3) is 3.73. The maximum absolute atomic E-state index is 13.4. The van der Waals surface area contributed by atoms with Crippen molar-refractivity contribution in [3.05, 3.63) is 41.7 Å². The maximum atomic E-state index is 13.4. The number of aliphatic carboxylic acids is 1. The highest BCUT2D eigenvalue weighted by molar-refractivity contribution is 5.93. The zero-order valence-electron chi connectivity index (χ0n) is 13.0. The van der Waals surface area contributed by atoms with Crippen LogP contribution in [0.3, 0.4) is 0 Å². The van der Waals surface area contributed by atoms with Crippen molar-refractivity contribution in [2.24, 2.45) is 0 Å². The molecule has 128 valence electrons. The molecule has 0 saturated heterocycles. The first-order valence-corrected chi connectivity index (χ1v) is 7.16. The highest BCUT2D eigenvalue weighted by Gasteiger charge is 2.25. The molecule has 1 atom stereocenters. The Balaban J connectivity index is 2.38. The average molecular weight is 338 g/mol. The Bertz CT molecular complexity index is 761. The van der Waals surface area contributed by atoms with Crippen molar-refractivity contribution in [3.8, 4) is 5.69 Å². The van der Waals surface area contributed by atoms with E-state index in [1.165, 1.54) is 22.9 Å². The summed E-state index contributed by atoms with van der Waals surface area (Å²) >= 11 is 0. The van der Waals surface area contributed by atoms with Crippen molar-refractivity contribution in [2.45, 2.75) is 25.8 Å². The number of carboxylic acid groups (broad SMARTS) is 1. The van der Waals surface area contributed by atoms with Crippen LogP contribution in [0.15, 0.2) is 24.3 Å². The molecule has 2 aromatic rings. The van der Waals surface area contributed by atoms with Gasteiger partial charge in [-0.05, 0) is 18.2 Å². The van der Waals surface area contributed by atoms with Gasteiger partial charge in [0.25, 0.3) is 5.91 Å². The molecule has 2 rings (SSSR count). The summed E-state index contributed by atoms with van der Waals surface area (Å²) in [5, 5.41) is 14.8. The first-order valence-electron chi connectivity index (χ1n) is 7.16. The van der Waals surface area contributed by atoms with E-state index in [0.29, 0.717) is 11.5 Å². The molecule has 0 bridgehead atoms. The average Bonchev–Trinajstić information content (AvgIpc) is 2.97. The minimum Gasteiger partial charge on any atom is -0.480 e. The highest BCUT2D eigenvalue weighted by atomic mass is 19.1. The zero-order valence-corrected chi connectivity index (χ0v) is 13.0. The zero-order chi connectivity index (χ0) is 17.9. The van der Waals surface area contributed by atoms with Crippen LogP contribution in [0.25, 0.3) is 5.69 Å². The quantitative estimate of drug-likeness (QED) is 0.835. The van der Waals surface area contributed by atoms with E-state index in [2.05, 4.69) is 10.1 Å². The van der Waals surface area contributed by atoms with Gasteiger partial charge in [0.05, 0.1) is 5.69 Å². The molecule has 1 unspecified atom stereocenters. The molecule has 0 aliphatic carbocycles. The van der Waals surface area contributed by atoms with Gasteiger partial charge in [0.15, 0.2) is 6.04 Å². The van der Waals surface area contributed by atoms with Crippen LogP contribution in [0.1, 0.15) is 36.2 Å². The number of nitrogens with one attached hydrogen (secondary N) is 1. The molecule has 0 spiro atoms. The Labute approximate surface area is 136 Å². The monoisotopic (exact) mass is 338 g/mol. The summed E-state index contributed by atoms with van der Waals surface area (Å²) in [5.74, 6) is -2.97. The summed E-state index contributed by atoms with van der Waals surface area (Å²) in [6.07, 6.45) is 0. The minimum absolute atomic E-state index is 0.140. The molecule has 2 N–H and O–H groups in total. The van der Waals surface area contributed by atoms with Gasteiger partial charge in [0.2, 0.25) is 5.82 Å². The van der Waals surface area contributed by atoms with Crippen molar-refractivity contribution in [1.29, 1.82) is 0 Å². The molecule has 0 fully saturated rings. The van der Waals surface area contributed by atoms with Gasteiger partial charge >= 0.3 is 5.97 Å². The van der Waals surface area contributed by atoms with Gasteiger partial charge in [-0.1, -0.05) is 19.9 Å². The standard InChI is InChI=1S/C15H16F2N4O3/c1-8(2)13-19-12(14(22)18-11(7-16)15(23)24)20-21(13)10-5-3-4-9(17)6-10/h3-6,8,11H,7H2,1-2H3,(H,18,22)(H,23,24). The van der Waals surface area contributed by atoms with E-state index in [-0.39, 0.29) is 11.7 Å². The second-order valence-electron chi connectivity index (χ2n) is 5.36. The van der Waals surface area contributed by atoms with E-state index < -0.39 is 30.4 Å². The van der Waals surface area contributed by atoms with Crippen molar-refractivity contribution in [1.82, 2.24) is 20.1 Å². The van der Waals surface area contributed by atoms with Crippen molar-refractivity contribution in [2.75, 3.05) is 6.67 Å². The summed E-state index contributed by atoms with van der Waals surface area (Å²) in [5.41, 5.74) is 0.366. The number of amides is 1. The van der Waals surface area contributed by atoms with Crippen LogP contribution in [-0.2, 0) is 4.79 Å². The molecule has 0 aliphatic rings. The van der Waals surface area contributed by atoms with Crippen LogP contribution in [0.5, 0.6) is 0 Å². The Morgan fingerprint density at radius 2 is 2.08 bits per heavy atom. The minimum atomic E-state index is -1.68. The van der Waals surface area contributed by atoms with Gasteiger partial charge in [0, 0.05) is 5.92 Å².